The van der Waals surface area contributed by atoms with Crippen LogP contribution < -0.4 is 5.73 Å². The molecule has 0 saturated heterocycles. The van der Waals surface area contributed by atoms with Gasteiger partial charge in [-0.3, -0.25) is 4.79 Å². The van der Waals surface area contributed by atoms with Gasteiger partial charge in [-0.05, 0) is 43.5 Å². The van der Waals surface area contributed by atoms with Gasteiger partial charge in [0.05, 0.1) is 19.0 Å². The number of nitrogens with zero attached hydrogens (tertiary/aromatic N) is 1. The largest absolute Gasteiger partial charge is 0.469 e. The molecule has 0 atom stereocenters. The SMILES string of the molecule is COC(=O)Cc1cn(CCCN)c2c(C)ccc(C)c12. The minimum Gasteiger partial charge on any atom is -0.469 e. The highest BCUT2D eigenvalue weighted by Crippen LogP contribution is 2.28. The van der Waals surface area contributed by atoms with Gasteiger partial charge in [-0.15, -0.1) is 0 Å². The maximum atomic E-state index is 11.6. The molecule has 1 aromatic carbocycles. The van der Waals surface area contributed by atoms with Gasteiger partial charge in [0.2, 0.25) is 0 Å². The third kappa shape index (κ3) is 2.70. The van der Waals surface area contributed by atoms with E-state index in [-0.39, 0.29) is 5.97 Å². The Morgan fingerprint density at radius 3 is 2.65 bits per heavy atom. The van der Waals surface area contributed by atoms with Gasteiger partial charge < -0.3 is 15.0 Å². The van der Waals surface area contributed by atoms with Crippen LogP contribution in [0, 0.1) is 13.8 Å². The molecule has 2 rings (SSSR count). The smallest absolute Gasteiger partial charge is 0.310 e. The number of esters is 1. The van der Waals surface area contributed by atoms with E-state index in [1.807, 2.05) is 0 Å². The second-order valence-electron chi connectivity index (χ2n) is 5.17. The highest BCUT2D eigenvalue weighted by Gasteiger charge is 2.15. The first kappa shape index (κ1) is 14.6. The molecule has 20 heavy (non-hydrogen) atoms. The Hall–Kier alpha value is -1.81. The van der Waals surface area contributed by atoms with E-state index >= 15 is 0 Å². The lowest BCUT2D eigenvalue weighted by Gasteiger charge is -2.08. The van der Waals surface area contributed by atoms with E-state index in [4.69, 9.17) is 10.5 Å². The van der Waals surface area contributed by atoms with Crippen LogP contribution in [0.3, 0.4) is 0 Å². The van der Waals surface area contributed by atoms with Crippen molar-refractivity contribution >= 4 is 16.9 Å². The molecule has 0 fully saturated rings. The van der Waals surface area contributed by atoms with Crippen molar-refractivity contribution in [2.75, 3.05) is 13.7 Å². The summed E-state index contributed by atoms with van der Waals surface area (Å²) in [6.45, 7) is 5.72. The lowest BCUT2D eigenvalue weighted by Crippen LogP contribution is -2.06. The van der Waals surface area contributed by atoms with Gasteiger partial charge in [-0.2, -0.15) is 0 Å². The van der Waals surface area contributed by atoms with E-state index in [9.17, 15) is 4.79 Å². The fraction of sp³-hybridized carbons (Fsp3) is 0.438. The van der Waals surface area contributed by atoms with Crippen molar-refractivity contribution in [2.24, 2.45) is 5.73 Å². The van der Waals surface area contributed by atoms with Gasteiger partial charge in [0.1, 0.15) is 0 Å². The normalized spacial score (nSPS) is 11.0. The summed E-state index contributed by atoms with van der Waals surface area (Å²) in [6, 6.07) is 4.23. The van der Waals surface area contributed by atoms with Crippen molar-refractivity contribution < 1.29 is 9.53 Å². The Morgan fingerprint density at radius 2 is 2.00 bits per heavy atom. The number of aromatic nitrogens is 1. The number of nitrogens with two attached hydrogens (primary N) is 1. The maximum absolute atomic E-state index is 11.6. The molecule has 0 radical (unpaired) electrons. The molecular formula is C16H22N2O2. The van der Waals surface area contributed by atoms with Crippen molar-refractivity contribution in [1.29, 1.82) is 0 Å². The van der Waals surface area contributed by atoms with Crippen LogP contribution in [0.1, 0.15) is 23.1 Å². The first-order valence-electron chi connectivity index (χ1n) is 6.93. The lowest BCUT2D eigenvalue weighted by molar-refractivity contribution is -0.139. The molecule has 0 amide bonds. The molecule has 0 aliphatic rings. The zero-order chi connectivity index (χ0) is 14.7. The molecule has 0 saturated carbocycles. The van der Waals surface area contributed by atoms with Crippen molar-refractivity contribution in [1.82, 2.24) is 4.57 Å². The third-order valence-electron chi connectivity index (χ3n) is 3.67. The first-order valence-corrected chi connectivity index (χ1v) is 6.93. The summed E-state index contributed by atoms with van der Waals surface area (Å²) >= 11 is 0. The van der Waals surface area contributed by atoms with Gasteiger partial charge in [0, 0.05) is 18.1 Å². The highest BCUT2D eigenvalue weighted by molar-refractivity contribution is 5.92. The molecule has 2 aromatic rings. The Bertz CT molecular complexity index is 629. The second-order valence-corrected chi connectivity index (χ2v) is 5.17. The van der Waals surface area contributed by atoms with Gasteiger partial charge in [0.25, 0.3) is 0 Å². The number of fused-ring (bicyclic) bond motifs is 1. The van der Waals surface area contributed by atoms with Crippen LogP contribution in [0.4, 0.5) is 0 Å². The summed E-state index contributed by atoms with van der Waals surface area (Å²) < 4.78 is 7.01. The Morgan fingerprint density at radius 1 is 1.30 bits per heavy atom. The molecule has 0 aliphatic heterocycles. The summed E-state index contributed by atoms with van der Waals surface area (Å²) in [6.07, 6.45) is 3.30. The van der Waals surface area contributed by atoms with E-state index in [0.29, 0.717) is 13.0 Å². The molecule has 4 nitrogen and oxygen atoms in total. The molecule has 2 N–H and O–H groups in total. The van der Waals surface area contributed by atoms with Crippen molar-refractivity contribution in [3.05, 3.63) is 35.0 Å². The molecule has 0 bridgehead atoms. The molecule has 108 valence electrons. The van der Waals surface area contributed by atoms with Crippen LogP contribution >= 0.6 is 0 Å². The van der Waals surface area contributed by atoms with Crippen molar-refractivity contribution in [2.45, 2.75) is 33.2 Å². The molecule has 1 heterocycles. The highest BCUT2D eigenvalue weighted by atomic mass is 16.5. The Balaban J connectivity index is 2.57. The number of carbonyl (C=O) groups is 1. The van der Waals surface area contributed by atoms with Gasteiger partial charge >= 0.3 is 5.97 Å². The molecule has 0 unspecified atom stereocenters. The monoisotopic (exact) mass is 274 g/mol. The summed E-state index contributed by atoms with van der Waals surface area (Å²) in [5, 5.41) is 1.17. The molecular weight excluding hydrogens is 252 g/mol. The van der Waals surface area contributed by atoms with Crippen molar-refractivity contribution in [3.8, 4) is 0 Å². The molecule has 0 aliphatic carbocycles. The number of hydrogen-bond donors (Lipinski definition) is 1. The minimum absolute atomic E-state index is 0.205. The van der Waals surface area contributed by atoms with E-state index in [0.717, 1.165) is 18.5 Å². The lowest BCUT2D eigenvalue weighted by atomic mass is 10.0. The van der Waals surface area contributed by atoms with E-state index in [2.05, 4.69) is 36.7 Å². The van der Waals surface area contributed by atoms with Crippen LogP contribution in [0.25, 0.3) is 10.9 Å². The standard InChI is InChI=1S/C16H22N2O2/c1-11-5-6-12(2)16-15(11)13(9-14(19)20-3)10-18(16)8-4-7-17/h5-6,10H,4,7-9,17H2,1-3H3. The maximum Gasteiger partial charge on any atom is 0.310 e. The number of hydrogen-bond acceptors (Lipinski definition) is 3. The summed E-state index contributed by atoms with van der Waals surface area (Å²) in [7, 11) is 1.42. The minimum atomic E-state index is -0.205. The number of methoxy groups -OCH3 is 1. The second kappa shape index (κ2) is 6.09. The molecule has 1 aromatic heterocycles. The van der Waals surface area contributed by atoms with E-state index in [1.54, 1.807) is 0 Å². The number of ether oxygens (including phenoxy) is 1. The predicted octanol–water partition coefficient (Wildman–Crippen LogP) is 2.32. The molecule has 4 heteroatoms. The van der Waals surface area contributed by atoms with Gasteiger partial charge in [-0.1, -0.05) is 12.1 Å². The van der Waals surface area contributed by atoms with E-state index in [1.165, 1.54) is 29.1 Å². The van der Waals surface area contributed by atoms with Crippen molar-refractivity contribution in [3.63, 3.8) is 0 Å². The van der Waals surface area contributed by atoms with E-state index < -0.39 is 0 Å². The van der Waals surface area contributed by atoms with Crippen LogP contribution in [0.15, 0.2) is 18.3 Å². The number of benzene rings is 1. The first-order chi connectivity index (χ1) is 9.58. The fourth-order valence-electron chi connectivity index (χ4n) is 2.69. The fourth-order valence-corrected chi connectivity index (χ4v) is 2.69. The number of carbonyl (C=O) groups excluding carboxylic acids is 1. The number of aryl methyl sites for hydroxylation is 3. The Labute approximate surface area is 119 Å². The van der Waals surface area contributed by atoms with Gasteiger partial charge in [0.15, 0.2) is 0 Å². The van der Waals surface area contributed by atoms with Gasteiger partial charge in [-0.25, -0.2) is 0 Å². The summed E-state index contributed by atoms with van der Waals surface area (Å²) in [4.78, 5) is 11.6. The number of rotatable bonds is 5. The average Bonchev–Trinajstić information content (AvgIpc) is 2.80. The van der Waals surface area contributed by atoms with Crippen LogP contribution in [-0.2, 0) is 22.5 Å². The van der Waals surface area contributed by atoms with Crippen LogP contribution in [-0.4, -0.2) is 24.2 Å². The van der Waals surface area contributed by atoms with Crippen LogP contribution in [0.2, 0.25) is 0 Å². The summed E-state index contributed by atoms with van der Waals surface area (Å²) in [5.41, 5.74) is 10.3. The Kier molecular flexibility index (Phi) is 4.45. The third-order valence-corrected chi connectivity index (χ3v) is 3.67. The zero-order valence-electron chi connectivity index (χ0n) is 12.4. The van der Waals surface area contributed by atoms with Crippen LogP contribution in [0.5, 0.6) is 0 Å². The topological polar surface area (TPSA) is 57.2 Å². The predicted molar refractivity (Wildman–Crippen MR) is 80.8 cm³/mol. The average molecular weight is 274 g/mol. The molecule has 0 spiro atoms. The zero-order valence-corrected chi connectivity index (χ0v) is 12.4. The summed E-state index contributed by atoms with van der Waals surface area (Å²) in [5.74, 6) is -0.205. The quantitative estimate of drug-likeness (QED) is 0.851.